The van der Waals surface area contributed by atoms with Gasteiger partial charge in [-0.05, 0) is 12.1 Å². The number of nitrogen functional groups attached to an aromatic ring is 1. The Morgan fingerprint density at radius 2 is 2.15 bits per heavy atom. The third-order valence-electron chi connectivity index (χ3n) is 1.52. The van der Waals surface area contributed by atoms with Gasteiger partial charge in [0, 0.05) is 10.6 Å². The molecule has 0 bridgehead atoms. The van der Waals surface area contributed by atoms with Crippen LogP contribution < -0.4 is 5.73 Å². The summed E-state index contributed by atoms with van der Waals surface area (Å²) in [6.07, 6.45) is 0. The Kier molecular flexibility index (Phi) is 3.12. The number of carbonyl (C=O) groups excluding carboxylic acids is 1. The minimum absolute atomic E-state index is 0.0278. The summed E-state index contributed by atoms with van der Waals surface area (Å²) in [5, 5.41) is 0.125. The molecule has 5 heteroatoms. The van der Waals surface area contributed by atoms with E-state index >= 15 is 0 Å². The van der Waals surface area contributed by atoms with Gasteiger partial charge in [-0.1, -0.05) is 11.6 Å². The monoisotopic (exact) mass is 221 g/mol. The summed E-state index contributed by atoms with van der Waals surface area (Å²) in [4.78, 5) is 11.1. The van der Waals surface area contributed by atoms with Gasteiger partial charge in [-0.3, -0.25) is 4.79 Å². The van der Waals surface area contributed by atoms with Crippen LogP contribution in [-0.4, -0.2) is 11.7 Å². The Labute approximate surface area is 84.4 Å². The van der Waals surface area contributed by atoms with Crippen molar-refractivity contribution in [2.75, 3.05) is 11.6 Å². The van der Waals surface area contributed by atoms with Gasteiger partial charge >= 0.3 is 0 Å². The average molecular weight is 222 g/mol. The summed E-state index contributed by atoms with van der Waals surface area (Å²) in [6.45, 7) is 0. The first-order valence-corrected chi connectivity index (χ1v) is 4.31. The summed E-state index contributed by atoms with van der Waals surface area (Å²) < 4.78 is 12.9. The molecule has 0 atom stereocenters. The Bertz CT molecular complexity index is 354. The topological polar surface area (TPSA) is 43.1 Å². The second-order valence-corrected chi connectivity index (χ2v) is 3.11. The molecule has 1 aromatic carbocycles. The fourth-order valence-corrected chi connectivity index (χ4v) is 1.24. The fraction of sp³-hybridized carbons (Fsp3) is 0.125. The lowest BCUT2D eigenvalue weighted by atomic mass is 10.1. The van der Waals surface area contributed by atoms with Crippen LogP contribution in [0.15, 0.2) is 12.1 Å². The van der Waals surface area contributed by atoms with Crippen LogP contribution in [0, 0.1) is 5.82 Å². The minimum Gasteiger partial charge on any atom is -0.396 e. The smallest absolute Gasteiger partial charge is 0.179 e. The molecule has 0 unspecified atom stereocenters. The lowest BCUT2D eigenvalue weighted by molar-refractivity contribution is 0.102. The molecule has 0 aromatic heterocycles. The van der Waals surface area contributed by atoms with E-state index in [4.69, 9.17) is 28.9 Å². The van der Waals surface area contributed by atoms with Crippen molar-refractivity contribution in [1.82, 2.24) is 0 Å². The number of Topliss-reactive ketones (excluding diaryl/α,β-unsaturated/α-hetero) is 1. The van der Waals surface area contributed by atoms with Crippen molar-refractivity contribution in [2.24, 2.45) is 0 Å². The van der Waals surface area contributed by atoms with Crippen LogP contribution in [0.25, 0.3) is 0 Å². The predicted molar refractivity (Wildman–Crippen MR) is 50.9 cm³/mol. The van der Waals surface area contributed by atoms with Gasteiger partial charge in [0.25, 0.3) is 0 Å². The quantitative estimate of drug-likeness (QED) is 0.474. The first kappa shape index (κ1) is 10.3. The SMILES string of the molecule is Nc1c(F)cc(Cl)cc1C(=O)CCl. The molecule has 0 radical (unpaired) electrons. The second-order valence-electron chi connectivity index (χ2n) is 2.41. The van der Waals surface area contributed by atoms with Gasteiger partial charge in [0.2, 0.25) is 0 Å². The van der Waals surface area contributed by atoms with Crippen LogP contribution >= 0.6 is 23.2 Å². The molecule has 0 saturated carbocycles. The number of halogens is 3. The average Bonchev–Trinajstić information content (AvgIpc) is 2.10. The van der Waals surface area contributed by atoms with Gasteiger partial charge < -0.3 is 5.73 Å². The van der Waals surface area contributed by atoms with E-state index in [1.807, 2.05) is 0 Å². The molecule has 2 nitrogen and oxygen atoms in total. The molecule has 0 spiro atoms. The third kappa shape index (κ3) is 2.11. The summed E-state index contributed by atoms with van der Waals surface area (Å²) in [5.41, 5.74) is 5.13. The molecule has 0 aliphatic heterocycles. The normalized spacial score (nSPS) is 10.1. The zero-order valence-corrected chi connectivity index (χ0v) is 7.99. The molecule has 1 aromatic rings. The molecule has 0 aliphatic carbocycles. The highest BCUT2D eigenvalue weighted by Crippen LogP contribution is 2.22. The largest absolute Gasteiger partial charge is 0.396 e. The van der Waals surface area contributed by atoms with Crippen LogP contribution in [0.3, 0.4) is 0 Å². The van der Waals surface area contributed by atoms with E-state index < -0.39 is 11.6 Å². The molecule has 0 heterocycles. The summed E-state index contributed by atoms with van der Waals surface area (Å²) >= 11 is 10.8. The van der Waals surface area contributed by atoms with E-state index in [-0.39, 0.29) is 22.2 Å². The number of rotatable bonds is 2. The number of nitrogens with two attached hydrogens (primary N) is 1. The summed E-state index contributed by atoms with van der Waals surface area (Å²) in [5.74, 6) is -1.40. The van der Waals surface area contributed by atoms with Crippen LogP contribution in [0.4, 0.5) is 10.1 Å². The van der Waals surface area contributed by atoms with Crippen molar-refractivity contribution >= 4 is 34.7 Å². The lowest BCUT2D eigenvalue weighted by Crippen LogP contribution is -2.06. The van der Waals surface area contributed by atoms with Crippen LogP contribution in [0.5, 0.6) is 0 Å². The van der Waals surface area contributed by atoms with E-state index in [9.17, 15) is 9.18 Å². The molecular formula is C8H6Cl2FNO. The number of hydrogen-bond acceptors (Lipinski definition) is 2. The van der Waals surface area contributed by atoms with E-state index in [0.717, 1.165) is 6.07 Å². The van der Waals surface area contributed by atoms with Crippen LogP contribution in [0.2, 0.25) is 5.02 Å². The first-order chi connectivity index (χ1) is 6.06. The van der Waals surface area contributed by atoms with E-state index in [1.54, 1.807) is 0 Å². The molecule has 0 aliphatic rings. The maximum Gasteiger partial charge on any atom is 0.179 e. The van der Waals surface area contributed by atoms with E-state index in [2.05, 4.69) is 0 Å². The van der Waals surface area contributed by atoms with Gasteiger partial charge in [0.1, 0.15) is 5.82 Å². The maximum absolute atomic E-state index is 12.9. The molecule has 1 rings (SSSR count). The van der Waals surface area contributed by atoms with Gasteiger partial charge in [-0.25, -0.2) is 4.39 Å². The highest BCUT2D eigenvalue weighted by atomic mass is 35.5. The predicted octanol–water partition coefficient (Wildman–Crippen LogP) is 2.48. The molecule has 2 N–H and O–H groups in total. The Morgan fingerprint density at radius 3 is 2.69 bits per heavy atom. The molecule has 0 saturated heterocycles. The third-order valence-corrected chi connectivity index (χ3v) is 1.98. The summed E-state index contributed by atoms with van der Waals surface area (Å²) in [7, 11) is 0. The van der Waals surface area contributed by atoms with Crippen LogP contribution in [-0.2, 0) is 0 Å². The van der Waals surface area contributed by atoms with Gasteiger partial charge in [0.15, 0.2) is 5.78 Å². The fourth-order valence-electron chi connectivity index (χ4n) is 0.887. The van der Waals surface area contributed by atoms with Crippen molar-refractivity contribution in [1.29, 1.82) is 0 Å². The maximum atomic E-state index is 12.9. The van der Waals surface area contributed by atoms with Crippen LogP contribution in [0.1, 0.15) is 10.4 Å². The van der Waals surface area contributed by atoms with Crippen molar-refractivity contribution < 1.29 is 9.18 Å². The molecule has 13 heavy (non-hydrogen) atoms. The van der Waals surface area contributed by atoms with Gasteiger partial charge in [0.05, 0.1) is 11.6 Å². The molecular weight excluding hydrogens is 216 g/mol. The molecule has 70 valence electrons. The van der Waals surface area contributed by atoms with Crippen molar-refractivity contribution in [3.05, 3.63) is 28.5 Å². The Morgan fingerprint density at radius 1 is 1.54 bits per heavy atom. The van der Waals surface area contributed by atoms with Crippen molar-refractivity contribution in [3.8, 4) is 0 Å². The Hall–Kier alpha value is -0.800. The van der Waals surface area contributed by atoms with Crippen molar-refractivity contribution in [3.63, 3.8) is 0 Å². The lowest BCUT2D eigenvalue weighted by Gasteiger charge is -2.04. The number of benzene rings is 1. The number of carbonyl (C=O) groups is 1. The zero-order chi connectivity index (χ0) is 10.0. The Balaban J connectivity index is 3.28. The zero-order valence-electron chi connectivity index (χ0n) is 6.48. The molecule has 0 amide bonds. The highest BCUT2D eigenvalue weighted by molar-refractivity contribution is 6.33. The summed E-state index contributed by atoms with van der Waals surface area (Å²) in [6, 6.07) is 2.34. The number of ketones is 1. The number of anilines is 1. The van der Waals surface area contributed by atoms with E-state index in [0.29, 0.717) is 0 Å². The second kappa shape index (κ2) is 3.94. The number of alkyl halides is 1. The van der Waals surface area contributed by atoms with Crippen molar-refractivity contribution in [2.45, 2.75) is 0 Å². The van der Waals surface area contributed by atoms with E-state index in [1.165, 1.54) is 6.07 Å². The first-order valence-electron chi connectivity index (χ1n) is 3.40. The highest BCUT2D eigenvalue weighted by Gasteiger charge is 2.13. The standard InChI is InChI=1S/C8H6Cl2FNO/c9-3-7(13)5-1-4(10)2-6(11)8(5)12/h1-2H,3,12H2. The number of hydrogen-bond donors (Lipinski definition) is 1. The van der Waals surface area contributed by atoms with Gasteiger partial charge in [-0.15, -0.1) is 11.6 Å². The molecule has 0 fully saturated rings. The van der Waals surface area contributed by atoms with Gasteiger partial charge in [-0.2, -0.15) is 0 Å². The minimum atomic E-state index is -0.707.